The minimum Gasteiger partial charge on any atom is -0.484 e. The van der Waals surface area contributed by atoms with E-state index in [1.165, 1.54) is 11.6 Å². The smallest absolute Gasteiger partial charge is 0.422 e. The molecule has 2 aromatic rings. The summed E-state index contributed by atoms with van der Waals surface area (Å²) in [6.45, 7) is 1.81. The highest BCUT2D eigenvalue weighted by molar-refractivity contribution is 7.07. The van der Waals surface area contributed by atoms with E-state index < -0.39 is 12.8 Å². The number of hydrogen-bond donors (Lipinski definition) is 2. The molecule has 0 amide bonds. The largest absolute Gasteiger partial charge is 0.484 e. The number of para-hydroxylation sites is 1. The predicted molar refractivity (Wildman–Crippen MR) is 98.9 cm³/mol. The Bertz CT molecular complexity index is 702. The maximum atomic E-state index is 12.4. The Morgan fingerprint density at radius 1 is 1.23 bits per heavy atom. The Kier molecular flexibility index (Phi) is 7.32. The van der Waals surface area contributed by atoms with Crippen LogP contribution in [0.4, 0.5) is 13.2 Å². The number of hydrogen-bond acceptors (Lipinski definition) is 3. The second kappa shape index (κ2) is 9.47. The Morgan fingerprint density at radius 2 is 2.00 bits per heavy atom. The number of alkyl halides is 3. The molecule has 0 aliphatic carbocycles. The van der Waals surface area contributed by atoms with Gasteiger partial charge in [0.05, 0.1) is 0 Å². The summed E-state index contributed by atoms with van der Waals surface area (Å²) in [7, 11) is 1.65. The summed E-state index contributed by atoms with van der Waals surface area (Å²) < 4.78 is 42.0. The average Bonchev–Trinajstić information content (AvgIpc) is 3.14. The van der Waals surface area contributed by atoms with Crippen molar-refractivity contribution in [2.45, 2.75) is 25.6 Å². The molecule has 0 saturated carbocycles. The van der Waals surface area contributed by atoms with E-state index in [0.717, 1.165) is 0 Å². The molecule has 0 aliphatic rings. The molecular weight excluding hydrogens is 363 g/mol. The standard InChI is InChI=1S/C18H22F3N3OS/c1-13(15-7-8-26-11-15)9-23-17(22-2)24-10-14-5-3-4-6-16(14)25-12-18(19,20)21/h3-8,11,13H,9-10,12H2,1-2H3,(H2,22,23,24). The number of halogens is 3. The first-order valence-electron chi connectivity index (χ1n) is 8.13. The van der Waals surface area contributed by atoms with Crippen LogP contribution in [-0.4, -0.2) is 32.3 Å². The van der Waals surface area contributed by atoms with E-state index in [4.69, 9.17) is 4.74 Å². The first kappa shape index (κ1) is 20.1. The van der Waals surface area contributed by atoms with Gasteiger partial charge in [-0.05, 0) is 34.4 Å². The molecular formula is C18H22F3N3OS. The number of guanidine groups is 1. The molecule has 0 radical (unpaired) electrons. The van der Waals surface area contributed by atoms with Crippen LogP contribution in [0.1, 0.15) is 24.0 Å². The van der Waals surface area contributed by atoms with Crippen molar-refractivity contribution < 1.29 is 17.9 Å². The minimum atomic E-state index is -4.37. The highest BCUT2D eigenvalue weighted by Crippen LogP contribution is 2.22. The molecule has 0 fully saturated rings. The summed E-state index contributed by atoms with van der Waals surface area (Å²) in [5.41, 5.74) is 1.88. The molecule has 1 aromatic carbocycles. The molecule has 1 aromatic heterocycles. The second-order valence-corrected chi connectivity index (χ2v) is 6.56. The van der Waals surface area contributed by atoms with E-state index in [9.17, 15) is 13.2 Å². The third kappa shape index (κ3) is 6.59. The fraction of sp³-hybridized carbons (Fsp3) is 0.389. The summed E-state index contributed by atoms with van der Waals surface area (Å²) in [4.78, 5) is 4.15. The summed E-state index contributed by atoms with van der Waals surface area (Å²) in [6.07, 6.45) is -4.37. The Labute approximate surface area is 155 Å². The number of benzene rings is 1. The molecule has 2 rings (SSSR count). The SMILES string of the molecule is CN=C(NCc1ccccc1OCC(F)(F)F)NCC(C)c1ccsc1. The van der Waals surface area contributed by atoms with Crippen molar-refractivity contribution >= 4 is 17.3 Å². The summed E-state index contributed by atoms with van der Waals surface area (Å²) >= 11 is 1.66. The van der Waals surface area contributed by atoms with Gasteiger partial charge in [-0.1, -0.05) is 25.1 Å². The summed E-state index contributed by atoms with van der Waals surface area (Å²) in [6, 6.07) is 8.73. The lowest BCUT2D eigenvalue weighted by Crippen LogP contribution is -2.38. The van der Waals surface area contributed by atoms with Crippen LogP contribution in [0.3, 0.4) is 0 Å². The molecule has 0 saturated heterocycles. The van der Waals surface area contributed by atoms with Gasteiger partial charge in [0.1, 0.15) is 5.75 Å². The van der Waals surface area contributed by atoms with Crippen LogP contribution >= 0.6 is 11.3 Å². The zero-order valence-corrected chi connectivity index (χ0v) is 15.5. The van der Waals surface area contributed by atoms with E-state index in [1.54, 1.807) is 36.6 Å². The number of nitrogens with zero attached hydrogens (tertiary/aromatic N) is 1. The van der Waals surface area contributed by atoms with Crippen molar-refractivity contribution in [3.63, 3.8) is 0 Å². The van der Waals surface area contributed by atoms with Crippen LogP contribution < -0.4 is 15.4 Å². The van der Waals surface area contributed by atoms with Gasteiger partial charge in [0.2, 0.25) is 0 Å². The van der Waals surface area contributed by atoms with E-state index in [1.807, 2.05) is 5.38 Å². The third-order valence-electron chi connectivity index (χ3n) is 3.72. The molecule has 1 heterocycles. The maximum absolute atomic E-state index is 12.4. The van der Waals surface area contributed by atoms with Crippen LogP contribution in [0.25, 0.3) is 0 Å². The topological polar surface area (TPSA) is 45.7 Å². The lowest BCUT2D eigenvalue weighted by atomic mass is 10.1. The molecule has 142 valence electrons. The first-order valence-corrected chi connectivity index (χ1v) is 9.07. The summed E-state index contributed by atoms with van der Waals surface area (Å²) in [5, 5.41) is 10.5. The first-order chi connectivity index (χ1) is 12.4. The van der Waals surface area contributed by atoms with Crippen LogP contribution in [0.5, 0.6) is 5.75 Å². The zero-order valence-electron chi connectivity index (χ0n) is 14.6. The number of rotatable bonds is 7. The molecule has 26 heavy (non-hydrogen) atoms. The van der Waals surface area contributed by atoms with E-state index >= 15 is 0 Å². The number of aliphatic imine (C=N–C) groups is 1. The quantitative estimate of drug-likeness (QED) is 0.556. The molecule has 4 nitrogen and oxygen atoms in total. The van der Waals surface area contributed by atoms with Crippen LogP contribution in [0.2, 0.25) is 0 Å². The monoisotopic (exact) mass is 385 g/mol. The molecule has 0 spiro atoms. The molecule has 1 atom stereocenters. The van der Waals surface area contributed by atoms with Gasteiger partial charge in [-0.15, -0.1) is 0 Å². The molecule has 0 aliphatic heterocycles. The number of thiophene rings is 1. The average molecular weight is 385 g/mol. The zero-order chi connectivity index (χ0) is 19.0. The lowest BCUT2D eigenvalue weighted by molar-refractivity contribution is -0.153. The van der Waals surface area contributed by atoms with Gasteiger partial charge in [0, 0.05) is 25.7 Å². The van der Waals surface area contributed by atoms with Crippen molar-refractivity contribution in [3.8, 4) is 5.75 Å². The number of ether oxygens (including phenoxy) is 1. The Balaban J connectivity index is 1.88. The van der Waals surface area contributed by atoms with Crippen molar-refractivity contribution in [2.24, 2.45) is 4.99 Å². The fourth-order valence-electron chi connectivity index (χ4n) is 2.27. The van der Waals surface area contributed by atoms with E-state index in [2.05, 4.69) is 34.0 Å². The lowest BCUT2D eigenvalue weighted by Gasteiger charge is -2.17. The number of nitrogens with one attached hydrogen (secondary N) is 2. The van der Waals surface area contributed by atoms with Gasteiger partial charge < -0.3 is 15.4 Å². The van der Waals surface area contributed by atoms with Crippen LogP contribution in [0, 0.1) is 0 Å². The molecule has 2 N–H and O–H groups in total. The van der Waals surface area contributed by atoms with Crippen molar-refractivity contribution in [2.75, 3.05) is 20.2 Å². The summed E-state index contributed by atoms with van der Waals surface area (Å²) in [5.74, 6) is 1.11. The van der Waals surface area contributed by atoms with Crippen LogP contribution in [-0.2, 0) is 6.54 Å². The van der Waals surface area contributed by atoms with Crippen molar-refractivity contribution in [1.29, 1.82) is 0 Å². The van der Waals surface area contributed by atoms with Crippen molar-refractivity contribution in [1.82, 2.24) is 10.6 Å². The van der Waals surface area contributed by atoms with Crippen molar-refractivity contribution in [3.05, 3.63) is 52.2 Å². The highest BCUT2D eigenvalue weighted by atomic mass is 32.1. The van der Waals surface area contributed by atoms with E-state index in [0.29, 0.717) is 30.5 Å². The predicted octanol–water partition coefficient (Wildman–Crippen LogP) is 4.16. The van der Waals surface area contributed by atoms with Gasteiger partial charge in [-0.2, -0.15) is 24.5 Å². The Morgan fingerprint density at radius 3 is 2.65 bits per heavy atom. The van der Waals surface area contributed by atoms with E-state index in [-0.39, 0.29) is 5.75 Å². The second-order valence-electron chi connectivity index (χ2n) is 5.78. The van der Waals surface area contributed by atoms with Crippen LogP contribution in [0.15, 0.2) is 46.1 Å². The molecule has 8 heteroatoms. The maximum Gasteiger partial charge on any atom is 0.422 e. The Hall–Kier alpha value is -2.22. The molecule has 1 unspecified atom stereocenters. The van der Waals surface area contributed by atoms with Gasteiger partial charge in [0.15, 0.2) is 12.6 Å². The fourth-order valence-corrected chi connectivity index (χ4v) is 3.06. The van der Waals surface area contributed by atoms with Gasteiger partial charge >= 0.3 is 6.18 Å². The minimum absolute atomic E-state index is 0.208. The highest BCUT2D eigenvalue weighted by Gasteiger charge is 2.28. The third-order valence-corrected chi connectivity index (χ3v) is 4.42. The normalized spacial score (nSPS) is 13.3. The van der Waals surface area contributed by atoms with Gasteiger partial charge in [0.25, 0.3) is 0 Å². The van der Waals surface area contributed by atoms with Gasteiger partial charge in [-0.3, -0.25) is 4.99 Å². The molecule has 0 bridgehead atoms. The van der Waals surface area contributed by atoms with Gasteiger partial charge in [-0.25, -0.2) is 0 Å².